The first-order valence-electron chi connectivity index (χ1n) is 15.4. The van der Waals surface area contributed by atoms with Crippen LogP contribution in [0.15, 0.2) is 49.8 Å². The van der Waals surface area contributed by atoms with E-state index in [2.05, 4.69) is 0 Å². The summed E-state index contributed by atoms with van der Waals surface area (Å²) in [7, 11) is -13.8. The third kappa shape index (κ3) is 15.6. The second-order valence-electron chi connectivity index (χ2n) is 11.0. The average Bonchev–Trinajstić information content (AvgIpc) is 3.66. The van der Waals surface area contributed by atoms with Gasteiger partial charge in [-0.1, -0.05) is 13.3 Å². The molecule has 2 amide bonds. The molecule has 0 spiro atoms. The van der Waals surface area contributed by atoms with Crippen molar-refractivity contribution >= 4 is 86.9 Å². The molecule has 4 rings (SSSR count). The lowest BCUT2D eigenvalue weighted by molar-refractivity contribution is -0.197. The van der Waals surface area contributed by atoms with Gasteiger partial charge >= 0.3 is 42.9 Å². The maximum atomic E-state index is 12.8. The highest BCUT2D eigenvalue weighted by atomic mass is 32.3. The number of fused-ring (bicyclic) bond motifs is 1. The Morgan fingerprint density at radius 3 is 2.04 bits per heavy atom. The zero-order valence-electron chi connectivity index (χ0n) is 27.9. The van der Waals surface area contributed by atoms with Gasteiger partial charge in [-0.25, -0.2) is 18.0 Å². The fraction of sp³-hybridized carbons (Fsp3) is 0.448. The van der Waals surface area contributed by atoms with Crippen molar-refractivity contribution in [1.82, 2.24) is 5.06 Å². The number of hydroxylamine groups is 2. The Labute approximate surface area is 310 Å². The Morgan fingerprint density at radius 2 is 1.47 bits per heavy atom. The molecule has 2 aromatic heterocycles. The van der Waals surface area contributed by atoms with E-state index in [1.165, 1.54) is 12.1 Å². The van der Waals surface area contributed by atoms with Crippen molar-refractivity contribution < 1.29 is 70.3 Å². The van der Waals surface area contributed by atoms with Crippen LogP contribution in [0.25, 0.3) is 21.4 Å². The smallest absolute Gasteiger partial charge is 0.422 e. The van der Waals surface area contributed by atoms with Crippen molar-refractivity contribution in [2.24, 2.45) is 0 Å². The van der Waals surface area contributed by atoms with Crippen LogP contribution in [0.3, 0.4) is 0 Å². The van der Waals surface area contributed by atoms with E-state index in [9.17, 15) is 40.6 Å². The number of hydrogen-bond acceptors (Lipinski definition) is 18. The minimum Gasteiger partial charge on any atom is -0.422 e. The zero-order chi connectivity index (χ0) is 39.9. The predicted molar refractivity (Wildman–Crippen MR) is 186 cm³/mol. The fourth-order valence-corrected chi connectivity index (χ4v) is 7.95. The number of carbonyl (C=O) groups excluding carboxylic acids is 3. The van der Waals surface area contributed by atoms with Gasteiger partial charge in [-0.05, 0) is 56.0 Å². The molecule has 0 saturated carbocycles. The second-order valence-corrected chi connectivity index (χ2v) is 16.9. The molecule has 1 aromatic carbocycles. The van der Waals surface area contributed by atoms with Gasteiger partial charge in [0.2, 0.25) is 0 Å². The van der Waals surface area contributed by atoms with Crippen molar-refractivity contribution in [3.63, 3.8) is 0 Å². The summed E-state index contributed by atoms with van der Waals surface area (Å²) >= 11 is 0.744. The first-order valence-corrected chi connectivity index (χ1v) is 21.5. The van der Waals surface area contributed by atoms with Crippen molar-refractivity contribution in [3.05, 3.63) is 46.8 Å². The number of amides is 2. The molecule has 3 heterocycles. The van der Waals surface area contributed by atoms with E-state index < -0.39 is 64.6 Å². The third-order valence-corrected chi connectivity index (χ3v) is 11.5. The Morgan fingerprint density at radius 1 is 0.868 bits per heavy atom. The standard InChI is InChI=1S/C29H34N2O11S3.2O3S/c1-2-16-44(36,37)17-6-15-30(14-5-3-4-7-27(34)42-31-25(32)11-12-26(31)33)21-9-8-20-18-22(29(35)41-23(20)19-21)24-10-13-28(43-24)45(38,39)40;2*1-4(2)3/h8-10,13,18-19H,2-7,11-12,14-17H2,1H3,(H,38,39,40);;. The van der Waals surface area contributed by atoms with Gasteiger partial charge < -0.3 is 14.2 Å². The summed E-state index contributed by atoms with van der Waals surface area (Å²) in [6, 6.07) is 9.44. The topological polar surface area (TPSA) is 288 Å². The van der Waals surface area contributed by atoms with Crippen LogP contribution in [0.4, 0.5) is 5.69 Å². The summed E-state index contributed by atoms with van der Waals surface area (Å²) in [6.45, 7) is 2.72. The van der Waals surface area contributed by atoms with Crippen molar-refractivity contribution in [2.75, 3.05) is 29.5 Å². The molecule has 53 heavy (non-hydrogen) atoms. The Balaban J connectivity index is 0.00000110. The minimum absolute atomic E-state index is 0.0196. The maximum Gasteiger partial charge on any atom is 0.425 e. The quantitative estimate of drug-likeness (QED) is 0.0933. The Hall–Kier alpha value is -4.36. The van der Waals surface area contributed by atoms with Crippen molar-refractivity contribution in [2.45, 2.75) is 62.5 Å². The van der Waals surface area contributed by atoms with Gasteiger partial charge in [-0.3, -0.25) is 14.1 Å². The lowest BCUT2D eigenvalue weighted by Gasteiger charge is -2.25. The number of nitrogens with zero attached hydrogens (tertiary/aromatic N) is 2. The van der Waals surface area contributed by atoms with Gasteiger partial charge in [0, 0.05) is 60.1 Å². The van der Waals surface area contributed by atoms with E-state index >= 15 is 0 Å². The lowest BCUT2D eigenvalue weighted by atomic mass is 10.1. The van der Waals surface area contributed by atoms with Crippen LogP contribution >= 0.6 is 11.3 Å². The number of unbranched alkanes of at least 4 members (excludes halogenated alkanes) is 2. The molecule has 0 radical (unpaired) electrons. The van der Waals surface area contributed by atoms with Crippen molar-refractivity contribution in [1.29, 1.82) is 0 Å². The van der Waals surface area contributed by atoms with Crippen LogP contribution in [0.1, 0.15) is 58.3 Å². The Kier molecular flexibility index (Phi) is 17.6. The summed E-state index contributed by atoms with van der Waals surface area (Å²) in [6.07, 6.45) is 2.66. The third-order valence-electron chi connectivity index (χ3n) is 7.09. The minimum atomic E-state index is -4.41. The molecule has 24 heteroatoms. The van der Waals surface area contributed by atoms with E-state index in [4.69, 9.17) is 34.5 Å². The van der Waals surface area contributed by atoms with Gasteiger partial charge in [-0.15, -0.1) is 41.7 Å². The van der Waals surface area contributed by atoms with Crippen LogP contribution in [-0.4, -0.2) is 94.1 Å². The zero-order valence-corrected chi connectivity index (χ0v) is 31.9. The second kappa shape index (κ2) is 20.8. The number of imide groups is 1. The molecule has 0 aliphatic carbocycles. The maximum absolute atomic E-state index is 12.8. The largest absolute Gasteiger partial charge is 0.425 e. The molecule has 0 unspecified atom stereocenters. The molecule has 1 aliphatic rings. The van der Waals surface area contributed by atoms with E-state index in [0.29, 0.717) is 66.2 Å². The summed E-state index contributed by atoms with van der Waals surface area (Å²) in [5.74, 6) is -1.61. The number of rotatable bonds is 16. The summed E-state index contributed by atoms with van der Waals surface area (Å²) < 4.78 is 113. The fourth-order valence-electron chi connectivity index (χ4n) is 4.88. The molecule has 292 valence electrons. The van der Waals surface area contributed by atoms with Crippen molar-refractivity contribution in [3.8, 4) is 10.4 Å². The van der Waals surface area contributed by atoms with Crippen LogP contribution in [0, 0.1) is 0 Å². The van der Waals surface area contributed by atoms with Gasteiger partial charge in [-0.2, -0.15) is 8.42 Å². The van der Waals surface area contributed by atoms with Gasteiger partial charge in [0.1, 0.15) is 19.6 Å². The molecule has 0 atom stereocenters. The van der Waals surface area contributed by atoms with E-state index in [-0.39, 0.29) is 46.1 Å². The van der Waals surface area contributed by atoms with Gasteiger partial charge in [0.05, 0.1) is 11.3 Å². The van der Waals surface area contributed by atoms with Crippen LogP contribution in [-0.2, 0) is 60.4 Å². The SMILES string of the molecule is CCCS(=O)(=O)CCCN(CCCCCC(=O)ON1C(=O)CCC1=O)c1ccc2cc(-c3ccc(S(=O)(=O)O)s3)c(=O)oc2c1.O=S(=O)=O.O=S(=O)=O. The molecule has 19 nitrogen and oxygen atoms in total. The number of sulfone groups is 1. The molecular weight excluding hydrogens is 809 g/mol. The molecule has 1 aliphatic heterocycles. The highest BCUT2D eigenvalue weighted by molar-refractivity contribution is 7.91. The highest BCUT2D eigenvalue weighted by Crippen LogP contribution is 2.31. The number of hydrogen-bond donors (Lipinski definition) is 1. The number of carbonyl (C=O) groups is 3. The number of anilines is 1. The molecule has 1 fully saturated rings. The summed E-state index contributed by atoms with van der Waals surface area (Å²) in [4.78, 5) is 55.4. The highest BCUT2D eigenvalue weighted by Gasteiger charge is 2.32. The number of thiophene rings is 1. The van der Waals surface area contributed by atoms with Gasteiger partial charge in [0.25, 0.3) is 11.8 Å². The van der Waals surface area contributed by atoms with Crippen LogP contribution in [0.5, 0.6) is 0 Å². The normalized spacial score (nSPS) is 12.8. The average molecular weight is 843 g/mol. The van der Waals surface area contributed by atoms with Gasteiger partial charge in [0.15, 0.2) is 0 Å². The lowest BCUT2D eigenvalue weighted by Crippen LogP contribution is -2.32. The molecule has 1 N–H and O–H groups in total. The van der Waals surface area contributed by atoms with E-state index in [1.807, 2.05) is 11.0 Å². The first-order chi connectivity index (χ1) is 24.7. The monoisotopic (exact) mass is 842 g/mol. The molecular formula is C29H34N2O17S5. The molecule has 3 aromatic rings. The first kappa shape index (κ1) is 44.8. The number of benzene rings is 1. The van der Waals surface area contributed by atoms with E-state index in [1.54, 1.807) is 25.1 Å². The summed E-state index contributed by atoms with van der Waals surface area (Å²) in [5.41, 5.74) is 0.432. The summed E-state index contributed by atoms with van der Waals surface area (Å²) in [5, 5.41) is 1.10. The van der Waals surface area contributed by atoms with Crippen LogP contribution < -0.4 is 10.5 Å². The molecule has 1 saturated heterocycles. The van der Waals surface area contributed by atoms with E-state index in [0.717, 1.165) is 11.3 Å². The predicted octanol–water partition coefficient (Wildman–Crippen LogP) is 1.95. The van der Waals surface area contributed by atoms with Crippen LogP contribution in [0.2, 0.25) is 0 Å². The Bertz CT molecular complexity index is 2240. The molecule has 0 bridgehead atoms.